The van der Waals surface area contributed by atoms with Gasteiger partial charge in [0, 0.05) is 29.9 Å². The number of thiazole rings is 1. The first-order valence-corrected chi connectivity index (χ1v) is 8.89. The summed E-state index contributed by atoms with van der Waals surface area (Å²) in [5.41, 5.74) is 0. The van der Waals surface area contributed by atoms with Crippen LogP contribution >= 0.6 is 11.3 Å². The van der Waals surface area contributed by atoms with Crippen LogP contribution < -0.4 is 4.72 Å². The van der Waals surface area contributed by atoms with Gasteiger partial charge >= 0.3 is 0 Å². The van der Waals surface area contributed by atoms with Gasteiger partial charge in [-0.3, -0.25) is 0 Å². The van der Waals surface area contributed by atoms with E-state index in [1.54, 1.807) is 18.3 Å². The zero-order valence-corrected chi connectivity index (χ0v) is 12.8. The number of nitrogens with zero attached hydrogens (tertiary/aromatic N) is 1. The van der Waals surface area contributed by atoms with E-state index >= 15 is 0 Å². The van der Waals surface area contributed by atoms with Gasteiger partial charge in [-0.05, 0) is 11.5 Å². The van der Waals surface area contributed by atoms with Gasteiger partial charge in [-0.25, -0.2) is 18.1 Å². The molecule has 4 nitrogen and oxygen atoms in total. The third-order valence-corrected chi connectivity index (χ3v) is 5.51. The molecule has 0 saturated carbocycles. The molecule has 0 atom stereocenters. The van der Waals surface area contributed by atoms with Crippen molar-refractivity contribution in [2.75, 3.05) is 6.54 Å². The Morgan fingerprint density at radius 2 is 1.90 bits per heavy atom. The van der Waals surface area contributed by atoms with Crippen molar-refractivity contribution in [3.05, 3.63) is 59.0 Å². The Labute approximate surface area is 127 Å². The fourth-order valence-electron chi connectivity index (χ4n) is 2.18. The third kappa shape index (κ3) is 3.12. The molecule has 21 heavy (non-hydrogen) atoms. The quantitative estimate of drug-likeness (QED) is 0.787. The lowest BCUT2D eigenvalue weighted by Gasteiger charge is -2.09. The van der Waals surface area contributed by atoms with Gasteiger partial charge in [-0.2, -0.15) is 0 Å². The van der Waals surface area contributed by atoms with Crippen LogP contribution in [0.3, 0.4) is 0 Å². The fourth-order valence-corrected chi connectivity index (χ4v) is 4.06. The predicted octanol–water partition coefficient (Wildman–Crippen LogP) is 2.82. The molecule has 0 saturated heterocycles. The summed E-state index contributed by atoms with van der Waals surface area (Å²) in [7, 11) is -3.51. The predicted molar refractivity (Wildman–Crippen MR) is 85.0 cm³/mol. The van der Waals surface area contributed by atoms with Crippen LogP contribution in [0.2, 0.25) is 0 Å². The highest BCUT2D eigenvalue weighted by Crippen LogP contribution is 2.22. The number of sulfonamides is 1. The lowest BCUT2D eigenvalue weighted by molar-refractivity contribution is 0.582. The van der Waals surface area contributed by atoms with Crippen LogP contribution in [0, 0.1) is 0 Å². The van der Waals surface area contributed by atoms with Crippen LogP contribution in [0.4, 0.5) is 0 Å². The molecule has 0 aliphatic heterocycles. The minimum atomic E-state index is -3.51. The first-order chi connectivity index (χ1) is 10.2. The summed E-state index contributed by atoms with van der Waals surface area (Å²) in [6, 6.07) is 12.8. The van der Waals surface area contributed by atoms with Gasteiger partial charge in [0.25, 0.3) is 0 Å². The molecule has 0 aliphatic rings. The summed E-state index contributed by atoms with van der Waals surface area (Å²) in [6.07, 6.45) is 2.32. The smallest absolute Gasteiger partial charge is 0.241 e. The van der Waals surface area contributed by atoms with Crippen molar-refractivity contribution in [3.63, 3.8) is 0 Å². The molecule has 1 heterocycles. The molecular formula is C15H14N2O2S2. The fraction of sp³-hybridized carbons (Fsp3) is 0.133. The Balaban J connectivity index is 1.83. The monoisotopic (exact) mass is 318 g/mol. The van der Waals surface area contributed by atoms with Gasteiger partial charge in [0.15, 0.2) is 0 Å². The van der Waals surface area contributed by atoms with Crippen LogP contribution in [0.15, 0.2) is 58.9 Å². The average molecular weight is 318 g/mol. The second-order valence-electron chi connectivity index (χ2n) is 4.55. The van der Waals surface area contributed by atoms with Crippen LogP contribution in [-0.2, 0) is 16.4 Å². The first kappa shape index (κ1) is 14.2. The molecular weight excluding hydrogens is 304 g/mol. The van der Waals surface area contributed by atoms with Crippen LogP contribution in [0.25, 0.3) is 10.8 Å². The van der Waals surface area contributed by atoms with Gasteiger partial charge in [0.1, 0.15) is 0 Å². The molecule has 6 heteroatoms. The third-order valence-electron chi connectivity index (χ3n) is 3.15. The lowest BCUT2D eigenvalue weighted by atomic mass is 10.1. The Morgan fingerprint density at radius 3 is 2.71 bits per heavy atom. The maximum atomic E-state index is 12.4. The minimum absolute atomic E-state index is 0.319. The maximum absolute atomic E-state index is 12.4. The molecule has 0 bridgehead atoms. The van der Waals surface area contributed by atoms with Crippen molar-refractivity contribution in [1.29, 1.82) is 0 Å². The van der Waals surface area contributed by atoms with E-state index in [9.17, 15) is 8.42 Å². The van der Waals surface area contributed by atoms with Crippen molar-refractivity contribution in [2.24, 2.45) is 0 Å². The second-order valence-corrected chi connectivity index (χ2v) is 7.27. The summed E-state index contributed by atoms with van der Waals surface area (Å²) in [5.74, 6) is 0. The van der Waals surface area contributed by atoms with Gasteiger partial charge in [-0.1, -0.05) is 36.4 Å². The number of rotatable bonds is 5. The van der Waals surface area contributed by atoms with Gasteiger partial charge in [-0.15, -0.1) is 11.3 Å². The van der Waals surface area contributed by atoms with E-state index in [2.05, 4.69) is 9.71 Å². The summed E-state index contributed by atoms with van der Waals surface area (Å²) in [6.45, 7) is 0.346. The maximum Gasteiger partial charge on any atom is 0.241 e. The summed E-state index contributed by atoms with van der Waals surface area (Å²) in [4.78, 5) is 4.46. The zero-order chi connectivity index (χ0) is 14.7. The minimum Gasteiger partial charge on any atom is -0.250 e. The highest BCUT2D eigenvalue weighted by molar-refractivity contribution is 7.89. The van der Waals surface area contributed by atoms with E-state index in [0.29, 0.717) is 17.9 Å². The van der Waals surface area contributed by atoms with Crippen LogP contribution in [0.5, 0.6) is 0 Å². The molecule has 0 radical (unpaired) electrons. The SMILES string of the molecule is O=S(=O)(NCCc1nccs1)c1cccc2ccccc12. The van der Waals surface area contributed by atoms with Crippen molar-refractivity contribution in [3.8, 4) is 0 Å². The molecule has 1 N–H and O–H groups in total. The Kier molecular flexibility index (Phi) is 4.01. The number of fused-ring (bicyclic) bond motifs is 1. The summed E-state index contributed by atoms with van der Waals surface area (Å²) in [5, 5.41) is 4.46. The first-order valence-electron chi connectivity index (χ1n) is 6.53. The van der Waals surface area contributed by atoms with E-state index < -0.39 is 10.0 Å². The Bertz CT molecular complexity index is 838. The number of benzene rings is 2. The summed E-state index contributed by atoms with van der Waals surface area (Å²) >= 11 is 1.53. The number of aromatic nitrogens is 1. The molecule has 0 fully saturated rings. The normalized spacial score (nSPS) is 11.8. The highest BCUT2D eigenvalue weighted by atomic mass is 32.2. The van der Waals surface area contributed by atoms with E-state index in [1.165, 1.54) is 11.3 Å². The van der Waals surface area contributed by atoms with Crippen molar-refractivity contribution >= 4 is 32.1 Å². The molecule has 0 amide bonds. The van der Waals surface area contributed by atoms with Crippen molar-refractivity contribution in [2.45, 2.75) is 11.3 Å². The molecule has 0 spiro atoms. The Morgan fingerprint density at radius 1 is 1.10 bits per heavy atom. The van der Waals surface area contributed by atoms with E-state index in [-0.39, 0.29) is 0 Å². The Hall–Kier alpha value is -1.76. The van der Waals surface area contributed by atoms with Crippen LogP contribution in [-0.4, -0.2) is 19.9 Å². The van der Waals surface area contributed by atoms with E-state index in [0.717, 1.165) is 15.8 Å². The highest BCUT2D eigenvalue weighted by Gasteiger charge is 2.16. The van der Waals surface area contributed by atoms with Gasteiger partial charge < -0.3 is 0 Å². The molecule has 1 aromatic heterocycles. The van der Waals surface area contributed by atoms with Crippen molar-refractivity contribution < 1.29 is 8.42 Å². The van der Waals surface area contributed by atoms with E-state index in [1.807, 2.05) is 35.7 Å². The molecule has 0 unspecified atom stereocenters. The lowest BCUT2D eigenvalue weighted by Crippen LogP contribution is -2.26. The van der Waals surface area contributed by atoms with E-state index in [4.69, 9.17) is 0 Å². The topological polar surface area (TPSA) is 59.1 Å². The largest absolute Gasteiger partial charge is 0.250 e. The molecule has 108 valence electrons. The standard InChI is InChI=1S/C15H14N2O2S2/c18-21(19,17-9-8-15-16-10-11-20-15)14-7-3-5-12-4-1-2-6-13(12)14/h1-7,10-11,17H,8-9H2. The molecule has 2 aromatic carbocycles. The molecule has 3 rings (SSSR count). The molecule has 0 aliphatic carbocycles. The number of hydrogen-bond donors (Lipinski definition) is 1. The van der Waals surface area contributed by atoms with Gasteiger partial charge in [0.05, 0.1) is 9.90 Å². The summed E-state index contributed by atoms with van der Waals surface area (Å²) < 4.78 is 27.5. The van der Waals surface area contributed by atoms with Crippen molar-refractivity contribution in [1.82, 2.24) is 9.71 Å². The number of nitrogens with one attached hydrogen (secondary N) is 1. The van der Waals surface area contributed by atoms with Gasteiger partial charge in [0.2, 0.25) is 10.0 Å². The average Bonchev–Trinajstić information content (AvgIpc) is 3.00. The second kappa shape index (κ2) is 5.93. The zero-order valence-electron chi connectivity index (χ0n) is 11.2. The van der Waals surface area contributed by atoms with Crippen LogP contribution in [0.1, 0.15) is 5.01 Å². The molecule has 3 aromatic rings. The number of hydrogen-bond acceptors (Lipinski definition) is 4.